The van der Waals surface area contributed by atoms with Crippen LogP contribution in [0, 0.1) is 11.8 Å². The molecule has 0 rings (SSSR count). The minimum Gasteiger partial charge on any atom is -0.0654 e. The Balaban J connectivity index is 3.41. The molecule has 0 spiro atoms. The molecule has 104 valence electrons. The minimum absolute atomic E-state index is 0.997. The third-order valence-electron chi connectivity index (χ3n) is 4.42. The molecular formula is C17H36. The topological polar surface area (TPSA) is 0 Å². The van der Waals surface area contributed by atoms with Gasteiger partial charge in [-0.1, -0.05) is 98.3 Å². The molecule has 0 radical (unpaired) electrons. The van der Waals surface area contributed by atoms with Gasteiger partial charge in [0.25, 0.3) is 0 Å². The first-order valence-electron chi connectivity index (χ1n) is 8.28. The second-order valence-corrected chi connectivity index (χ2v) is 5.74. The van der Waals surface area contributed by atoms with E-state index in [9.17, 15) is 0 Å². The predicted octanol–water partition coefficient (Wildman–Crippen LogP) is 6.59. The molecule has 0 aliphatic rings. The lowest BCUT2D eigenvalue weighted by atomic mass is 9.91. The Morgan fingerprint density at radius 2 is 1.00 bits per heavy atom. The van der Waals surface area contributed by atoms with Gasteiger partial charge in [0.2, 0.25) is 0 Å². The molecule has 0 saturated carbocycles. The molecule has 0 saturated heterocycles. The zero-order valence-corrected chi connectivity index (χ0v) is 12.9. The SMILES string of the molecule is CCCCC(CC)CCCCCC(CC)CC. The van der Waals surface area contributed by atoms with Crippen molar-refractivity contribution in [1.82, 2.24) is 0 Å². The van der Waals surface area contributed by atoms with Gasteiger partial charge < -0.3 is 0 Å². The van der Waals surface area contributed by atoms with E-state index in [0.29, 0.717) is 0 Å². The zero-order chi connectivity index (χ0) is 12.9. The lowest BCUT2D eigenvalue weighted by Crippen LogP contribution is -2.00. The normalized spacial score (nSPS) is 13.2. The van der Waals surface area contributed by atoms with Gasteiger partial charge in [-0.2, -0.15) is 0 Å². The van der Waals surface area contributed by atoms with Crippen molar-refractivity contribution in [1.29, 1.82) is 0 Å². The van der Waals surface area contributed by atoms with Crippen molar-refractivity contribution in [3.8, 4) is 0 Å². The lowest BCUT2D eigenvalue weighted by Gasteiger charge is -2.15. The largest absolute Gasteiger partial charge is 0.0654 e. The van der Waals surface area contributed by atoms with Crippen LogP contribution in [0.4, 0.5) is 0 Å². The summed E-state index contributed by atoms with van der Waals surface area (Å²) in [7, 11) is 0. The third kappa shape index (κ3) is 9.68. The maximum Gasteiger partial charge on any atom is -0.0417 e. The molecular weight excluding hydrogens is 204 g/mol. The standard InChI is InChI=1S/C17H36/c1-5-9-13-17(8-4)15-12-10-11-14-16(6-2)7-3/h16-17H,5-15H2,1-4H3. The monoisotopic (exact) mass is 240 g/mol. The average molecular weight is 240 g/mol. The Morgan fingerprint density at radius 1 is 0.529 bits per heavy atom. The summed E-state index contributed by atoms with van der Waals surface area (Å²) in [6, 6.07) is 0. The van der Waals surface area contributed by atoms with Crippen LogP contribution in [-0.2, 0) is 0 Å². The Bertz CT molecular complexity index is 135. The van der Waals surface area contributed by atoms with Crippen LogP contribution in [0.15, 0.2) is 0 Å². The molecule has 0 aliphatic carbocycles. The van der Waals surface area contributed by atoms with Gasteiger partial charge in [0.1, 0.15) is 0 Å². The van der Waals surface area contributed by atoms with Crippen LogP contribution >= 0.6 is 0 Å². The lowest BCUT2D eigenvalue weighted by molar-refractivity contribution is 0.385. The molecule has 0 nitrogen and oxygen atoms in total. The van der Waals surface area contributed by atoms with Gasteiger partial charge in [-0.25, -0.2) is 0 Å². The molecule has 0 aromatic rings. The fourth-order valence-electron chi connectivity index (χ4n) is 2.79. The molecule has 1 unspecified atom stereocenters. The maximum absolute atomic E-state index is 2.37. The number of rotatable bonds is 12. The molecule has 0 amide bonds. The van der Waals surface area contributed by atoms with E-state index in [0.717, 1.165) is 11.8 Å². The Labute approximate surface area is 111 Å². The average Bonchev–Trinajstić information content (AvgIpc) is 2.37. The van der Waals surface area contributed by atoms with Crippen molar-refractivity contribution in [3.05, 3.63) is 0 Å². The predicted molar refractivity (Wildman–Crippen MR) is 80.5 cm³/mol. The van der Waals surface area contributed by atoms with E-state index < -0.39 is 0 Å². The summed E-state index contributed by atoms with van der Waals surface area (Å²) < 4.78 is 0. The van der Waals surface area contributed by atoms with E-state index in [1.807, 2.05) is 0 Å². The Kier molecular flexibility index (Phi) is 12.5. The van der Waals surface area contributed by atoms with Gasteiger partial charge in [-0.05, 0) is 11.8 Å². The summed E-state index contributed by atoms with van der Waals surface area (Å²) in [6.07, 6.45) is 15.8. The molecule has 0 bridgehead atoms. The van der Waals surface area contributed by atoms with Gasteiger partial charge >= 0.3 is 0 Å². The highest BCUT2D eigenvalue weighted by Crippen LogP contribution is 2.22. The molecule has 0 aromatic carbocycles. The van der Waals surface area contributed by atoms with Crippen molar-refractivity contribution in [2.24, 2.45) is 11.8 Å². The van der Waals surface area contributed by atoms with Crippen molar-refractivity contribution >= 4 is 0 Å². The number of unbranched alkanes of at least 4 members (excludes halogenated alkanes) is 3. The second-order valence-electron chi connectivity index (χ2n) is 5.74. The van der Waals surface area contributed by atoms with E-state index in [1.165, 1.54) is 70.6 Å². The smallest absolute Gasteiger partial charge is 0.0417 e. The second kappa shape index (κ2) is 12.5. The third-order valence-corrected chi connectivity index (χ3v) is 4.42. The summed E-state index contributed by atoms with van der Waals surface area (Å²) in [5.41, 5.74) is 0. The first kappa shape index (κ1) is 17.0. The van der Waals surface area contributed by atoms with Crippen molar-refractivity contribution in [2.75, 3.05) is 0 Å². The number of hydrogen-bond acceptors (Lipinski definition) is 0. The highest BCUT2D eigenvalue weighted by atomic mass is 14.1. The minimum atomic E-state index is 0.997. The van der Waals surface area contributed by atoms with E-state index >= 15 is 0 Å². The maximum atomic E-state index is 2.37. The fourth-order valence-corrected chi connectivity index (χ4v) is 2.79. The molecule has 0 heterocycles. The van der Waals surface area contributed by atoms with Gasteiger partial charge in [-0.3, -0.25) is 0 Å². The van der Waals surface area contributed by atoms with Gasteiger partial charge in [0, 0.05) is 0 Å². The van der Waals surface area contributed by atoms with E-state index in [-0.39, 0.29) is 0 Å². The molecule has 0 heteroatoms. The highest BCUT2D eigenvalue weighted by molar-refractivity contribution is 4.59. The zero-order valence-electron chi connectivity index (χ0n) is 12.9. The molecule has 0 aliphatic heterocycles. The Morgan fingerprint density at radius 3 is 1.47 bits per heavy atom. The van der Waals surface area contributed by atoms with Crippen LogP contribution in [-0.4, -0.2) is 0 Å². The fraction of sp³-hybridized carbons (Fsp3) is 1.00. The summed E-state index contributed by atoms with van der Waals surface area (Å²) in [4.78, 5) is 0. The van der Waals surface area contributed by atoms with Crippen molar-refractivity contribution in [3.63, 3.8) is 0 Å². The molecule has 17 heavy (non-hydrogen) atoms. The van der Waals surface area contributed by atoms with Crippen molar-refractivity contribution < 1.29 is 0 Å². The van der Waals surface area contributed by atoms with E-state index in [2.05, 4.69) is 27.7 Å². The first-order chi connectivity index (χ1) is 8.28. The molecule has 1 atom stereocenters. The summed E-state index contributed by atoms with van der Waals surface area (Å²) >= 11 is 0. The van der Waals surface area contributed by atoms with Crippen LogP contribution < -0.4 is 0 Å². The first-order valence-corrected chi connectivity index (χ1v) is 8.28. The van der Waals surface area contributed by atoms with Crippen LogP contribution in [0.25, 0.3) is 0 Å². The molecule has 0 aromatic heterocycles. The quantitative estimate of drug-likeness (QED) is 0.338. The van der Waals surface area contributed by atoms with Gasteiger partial charge in [0.05, 0.1) is 0 Å². The van der Waals surface area contributed by atoms with E-state index in [4.69, 9.17) is 0 Å². The van der Waals surface area contributed by atoms with Crippen LogP contribution in [0.5, 0.6) is 0 Å². The summed E-state index contributed by atoms with van der Waals surface area (Å²) in [5.74, 6) is 2.01. The van der Waals surface area contributed by atoms with E-state index in [1.54, 1.807) is 0 Å². The Hall–Kier alpha value is 0. The van der Waals surface area contributed by atoms with Crippen LogP contribution in [0.2, 0.25) is 0 Å². The number of hydrogen-bond donors (Lipinski definition) is 0. The molecule has 0 N–H and O–H groups in total. The van der Waals surface area contributed by atoms with Crippen LogP contribution in [0.1, 0.15) is 98.3 Å². The van der Waals surface area contributed by atoms with Crippen LogP contribution in [0.3, 0.4) is 0 Å². The highest BCUT2D eigenvalue weighted by Gasteiger charge is 2.06. The summed E-state index contributed by atoms with van der Waals surface area (Å²) in [6.45, 7) is 9.35. The van der Waals surface area contributed by atoms with Gasteiger partial charge in [-0.15, -0.1) is 0 Å². The van der Waals surface area contributed by atoms with Gasteiger partial charge in [0.15, 0.2) is 0 Å². The van der Waals surface area contributed by atoms with Crippen molar-refractivity contribution in [2.45, 2.75) is 98.3 Å². The summed E-state index contributed by atoms with van der Waals surface area (Å²) in [5, 5.41) is 0. The molecule has 0 fully saturated rings.